The molecule has 1 aliphatic heterocycles. The van der Waals surface area contributed by atoms with Gasteiger partial charge in [0.25, 0.3) is 5.56 Å². The minimum Gasteiger partial charge on any atom is -0.490 e. The molecule has 5 rings (SSSR count). The van der Waals surface area contributed by atoms with Crippen LogP contribution in [0.1, 0.15) is 49.1 Å². The summed E-state index contributed by atoms with van der Waals surface area (Å²) in [7, 11) is 1.30. The van der Waals surface area contributed by atoms with E-state index >= 15 is 0 Å². The van der Waals surface area contributed by atoms with E-state index in [2.05, 4.69) is 11.1 Å². The highest BCUT2D eigenvalue weighted by Crippen LogP contribution is 2.35. The molecule has 0 radical (unpaired) electrons. The third-order valence-electron chi connectivity index (χ3n) is 7.05. The van der Waals surface area contributed by atoms with Crippen LogP contribution < -0.4 is 33.8 Å². The first-order valence-corrected chi connectivity index (χ1v) is 15.6. The first-order chi connectivity index (χ1) is 21.9. The fourth-order valence-corrected chi connectivity index (χ4v) is 6.07. The number of ether oxygens (including phenoxy) is 5. The number of methoxy groups -OCH3 is 1. The molecule has 0 spiro atoms. The van der Waals surface area contributed by atoms with Gasteiger partial charge in [0.05, 0.1) is 43.1 Å². The molecule has 2 heterocycles. The number of carbonyl (C=O) groups is 1. The quantitative estimate of drug-likeness (QED) is 0.201. The summed E-state index contributed by atoms with van der Waals surface area (Å²) < 4.78 is 30.6. The summed E-state index contributed by atoms with van der Waals surface area (Å²) in [5.74, 6) is 1.71. The standard InChI is InChI=1S/C35H36N2O7S/c1-6-41-27-15-13-25(19-30(27)43-8-3)32-26(34(39)40-5)20-36-35-37(32)33(38)31(45-35)18-23-12-14-28(29(17-23)42-7-2)44-21-24-11-9-10-22(4)16-24/h9-20,32H,6-8,21H2,1-5H3/b31-18-/t32-/m1/s1. The molecule has 0 N–H and O–H groups in total. The van der Waals surface area contributed by atoms with Crippen LogP contribution in [-0.4, -0.2) is 37.5 Å². The van der Waals surface area contributed by atoms with E-state index in [0.29, 0.717) is 64.3 Å². The number of esters is 1. The Morgan fingerprint density at radius 3 is 2.29 bits per heavy atom. The lowest BCUT2D eigenvalue weighted by atomic mass is 9.97. The van der Waals surface area contributed by atoms with Gasteiger partial charge in [-0.2, -0.15) is 0 Å². The number of aromatic nitrogens is 1. The van der Waals surface area contributed by atoms with Crippen LogP contribution in [0.2, 0.25) is 0 Å². The molecule has 1 aliphatic rings. The Balaban J connectivity index is 1.54. The number of carbonyl (C=O) groups excluding carboxylic acids is 1. The number of nitrogens with zero attached hydrogens (tertiary/aromatic N) is 2. The Bertz CT molecular complexity index is 1910. The van der Waals surface area contributed by atoms with Crippen LogP contribution in [0.25, 0.3) is 6.08 Å². The predicted octanol–water partition coefficient (Wildman–Crippen LogP) is 5.10. The molecule has 1 aromatic heterocycles. The molecular formula is C35H36N2O7S. The van der Waals surface area contributed by atoms with Crippen molar-refractivity contribution < 1.29 is 28.5 Å². The van der Waals surface area contributed by atoms with E-state index in [1.807, 2.05) is 70.2 Å². The lowest BCUT2D eigenvalue weighted by Crippen LogP contribution is -2.39. The summed E-state index contributed by atoms with van der Waals surface area (Å²) in [6.07, 6.45) is 3.26. The Morgan fingerprint density at radius 2 is 1.58 bits per heavy atom. The van der Waals surface area contributed by atoms with E-state index in [9.17, 15) is 9.59 Å². The van der Waals surface area contributed by atoms with Crippen molar-refractivity contribution in [2.24, 2.45) is 4.99 Å². The minimum atomic E-state index is -0.776. The van der Waals surface area contributed by atoms with E-state index in [0.717, 1.165) is 16.7 Å². The molecule has 0 amide bonds. The van der Waals surface area contributed by atoms with Crippen molar-refractivity contribution in [1.82, 2.24) is 4.57 Å². The van der Waals surface area contributed by atoms with Crippen LogP contribution in [0, 0.1) is 6.92 Å². The molecule has 0 fully saturated rings. The van der Waals surface area contributed by atoms with Crippen LogP contribution in [0.3, 0.4) is 0 Å². The van der Waals surface area contributed by atoms with Gasteiger partial charge in [-0.05, 0) is 74.7 Å². The second kappa shape index (κ2) is 14.3. The van der Waals surface area contributed by atoms with Crippen molar-refractivity contribution in [3.8, 4) is 23.0 Å². The van der Waals surface area contributed by atoms with Crippen LogP contribution in [0.4, 0.5) is 0 Å². The van der Waals surface area contributed by atoms with Gasteiger partial charge in [0.15, 0.2) is 27.8 Å². The van der Waals surface area contributed by atoms with E-state index < -0.39 is 12.0 Å². The van der Waals surface area contributed by atoms with E-state index in [1.165, 1.54) is 29.2 Å². The molecule has 0 saturated heterocycles. The fourth-order valence-electron chi connectivity index (χ4n) is 5.10. The number of fused-ring (bicyclic) bond motifs is 1. The zero-order valence-corrected chi connectivity index (χ0v) is 26.8. The van der Waals surface area contributed by atoms with Gasteiger partial charge < -0.3 is 23.7 Å². The highest BCUT2D eigenvalue weighted by molar-refractivity contribution is 7.07. The van der Waals surface area contributed by atoms with Crippen molar-refractivity contribution in [2.45, 2.75) is 40.3 Å². The minimum absolute atomic E-state index is 0.233. The predicted molar refractivity (Wildman–Crippen MR) is 173 cm³/mol. The zero-order chi connectivity index (χ0) is 31.9. The molecule has 4 aromatic rings. The highest BCUT2D eigenvalue weighted by atomic mass is 32.1. The third kappa shape index (κ3) is 6.96. The average Bonchev–Trinajstić information content (AvgIpc) is 3.35. The number of rotatable bonds is 12. The molecule has 0 bridgehead atoms. The Kier molecular flexibility index (Phi) is 10.0. The van der Waals surface area contributed by atoms with Crippen LogP contribution in [-0.2, 0) is 16.1 Å². The van der Waals surface area contributed by atoms with Gasteiger partial charge in [-0.25, -0.2) is 9.79 Å². The maximum atomic E-state index is 14.0. The number of thiazole rings is 1. The number of aryl methyl sites for hydroxylation is 1. The van der Waals surface area contributed by atoms with Gasteiger partial charge in [-0.3, -0.25) is 9.36 Å². The third-order valence-corrected chi connectivity index (χ3v) is 8.05. The molecule has 234 valence electrons. The molecule has 0 unspecified atom stereocenters. The van der Waals surface area contributed by atoms with Crippen molar-refractivity contribution in [2.75, 3.05) is 26.9 Å². The number of benzene rings is 3. The monoisotopic (exact) mass is 628 g/mol. The summed E-state index contributed by atoms with van der Waals surface area (Å²) >= 11 is 1.24. The van der Waals surface area contributed by atoms with Crippen molar-refractivity contribution in [3.63, 3.8) is 0 Å². The van der Waals surface area contributed by atoms with E-state index in [4.69, 9.17) is 23.7 Å². The largest absolute Gasteiger partial charge is 0.490 e. The lowest BCUT2D eigenvalue weighted by Gasteiger charge is -2.23. The Labute approximate surface area is 265 Å². The van der Waals surface area contributed by atoms with Gasteiger partial charge in [0, 0.05) is 6.20 Å². The average molecular weight is 629 g/mol. The molecule has 0 saturated carbocycles. The first kappa shape index (κ1) is 31.6. The van der Waals surface area contributed by atoms with Gasteiger partial charge in [0.2, 0.25) is 0 Å². The zero-order valence-electron chi connectivity index (χ0n) is 26.0. The van der Waals surface area contributed by atoms with Gasteiger partial charge >= 0.3 is 5.97 Å². The normalized spacial score (nSPS) is 14.2. The summed E-state index contributed by atoms with van der Waals surface area (Å²) in [5.41, 5.74) is 3.59. The van der Waals surface area contributed by atoms with Gasteiger partial charge in [-0.15, -0.1) is 0 Å². The Hall–Kier alpha value is -4.83. The van der Waals surface area contributed by atoms with Crippen LogP contribution in [0.15, 0.2) is 82.2 Å². The van der Waals surface area contributed by atoms with Crippen molar-refractivity contribution in [3.05, 3.63) is 114 Å². The topological polar surface area (TPSA) is 97.6 Å². The van der Waals surface area contributed by atoms with Crippen LogP contribution in [0.5, 0.6) is 23.0 Å². The second-order valence-corrected chi connectivity index (χ2v) is 11.2. The lowest BCUT2D eigenvalue weighted by molar-refractivity contribution is -0.136. The summed E-state index contributed by atoms with van der Waals surface area (Å²) in [6.45, 7) is 9.47. The molecule has 0 aliphatic carbocycles. The first-order valence-electron chi connectivity index (χ1n) is 14.8. The maximum Gasteiger partial charge on any atom is 0.337 e. The summed E-state index contributed by atoms with van der Waals surface area (Å²) in [6, 6.07) is 18.3. The SMILES string of the molecule is CCOc1ccc([C@@H]2C(C(=O)OC)=CN=c3s/c(=C\c4ccc(OCc5cccc(C)c5)c(OCC)c4)c(=O)n32)cc1OCC. The molecule has 10 heteroatoms. The highest BCUT2D eigenvalue weighted by Gasteiger charge is 2.31. The maximum absolute atomic E-state index is 14.0. The van der Waals surface area contributed by atoms with Gasteiger partial charge in [0.1, 0.15) is 6.61 Å². The Morgan fingerprint density at radius 1 is 0.889 bits per heavy atom. The molecule has 1 atom stereocenters. The fraction of sp³-hybridized carbons (Fsp3) is 0.286. The number of hydrogen-bond donors (Lipinski definition) is 0. The molecule has 9 nitrogen and oxygen atoms in total. The number of hydrogen-bond acceptors (Lipinski definition) is 9. The molecular weight excluding hydrogens is 592 g/mol. The van der Waals surface area contributed by atoms with Gasteiger partial charge in [-0.1, -0.05) is 53.3 Å². The van der Waals surface area contributed by atoms with E-state index in [-0.39, 0.29) is 11.1 Å². The molecule has 3 aromatic carbocycles. The van der Waals surface area contributed by atoms with E-state index in [1.54, 1.807) is 18.2 Å². The van der Waals surface area contributed by atoms with Crippen LogP contribution >= 0.6 is 11.3 Å². The van der Waals surface area contributed by atoms with Crippen molar-refractivity contribution >= 4 is 23.4 Å². The molecule has 45 heavy (non-hydrogen) atoms. The second-order valence-electron chi connectivity index (χ2n) is 10.2. The smallest absolute Gasteiger partial charge is 0.337 e. The van der Waals surface area contributed by atoms with Crippen molar-refractivity contribution in [1.29, 1.82) is 0 Å². The summed E-state index contributed by atoms with van der Waals surface area (Å²) in [5, 5.41) is 0. The summed E-state index contributed by atoms with van der Waals surface area (Å²) in [4.78, 5) is 31.8.